The number of hydrazine groups is 1. The summed E-state index contributed by atoms with van der Waals surface area (Å²) < 4.78 is 5.12. The van der Waals surface area contributed by atoms with Crippen LogP contribution in [0.2, 0.25) is 0 Å². The van der Waals surface area contributed by atoms with Gasteiger partial charge in [0, 0.05) is 23.5 Å². The van der Waals surface area contributed by atoms with Crippen LogP contribution in [-0.4, -0.2) is 46.8 Å². The summed E-state index contributed by atoms with van der Waals surface area (Å²) in [5.74, 6) is -1.76. The number of nitrogens with one attached hydrogen (secondary N) is 1. The van der Waals surface area contributed by atoms with Crippen LogP contribution in [0.1, 0.15) is 27.1 Å². The lowest BCUT2D eigenvalue weighted by Crippen LogP contribution is -2.54. The van der Waals surface area contributed by atoms with Gasteiger partial charge in [0.05, 0.1) is 19.2 Å². The summed E-state index contributed by atoms with van der Waals surface area (Å²) in [4.78, 5) is 57.0. The molecule has 166 valence electrons. The second kappa shape index (κ2) is 9.31. The van der Waals surface area contributed by atoms with Crippen molar-refractivity contribution in [3.8, 4) is 5.75 Å². The summed E-state index contributed by atoms with van der Waals surface area (Å²) in [6.45, 7) is 0. The van der Waals surface area contributed by atoms with Crippen molar-refractivity contribution in [2.24, 2.45) is 0 Å². The normalized spacial score (nSPS) is 15.3. The number of ether oxygens (including phenoxy) is 1. The molecule has 4 amide bonds. The van der Waals surface area contributed by atoms with Crippen molar-refractivity contribution < 1.29 is 23.9 Å². The number of methoxy groups -OCH3 is 1. The summed E-state index contributed by atoms with van der Waals surface area (Å²) in [7, 11) is 1.51. The highest BCUT2D eigenvalue weighted by molar-refractivity contribution is 6.23. The highest BCUT2D eigenvalue weighted by Gasteiger charge is 2.45. The van der Waals surface area contributed by atoms with Crippen LogP contribution in [0.3, 0.4) is 0 Å². The van der Waals surface area contributed by atoms with Gasteiger partial charge < -0.3 is 4.74 Å². The van der Waals surface area contributed by atoms with Crippen molar-refractivity contribution in [2.75, 3.05) is 12.0 Å². The van der Waals surface area contributed by atoms with Crippen molar-refractivity contribution in [1.29, 1.82) is 0 Å². The lowest BCUT2D eigenvalue weighted by molar-refractivity contribution is -0.122. The minimum atomic E-state index is -1.21. The maximum atomic E-state index is 13.3. The molecule has 2 heterocycles. The number of rotatable bonds is 5. The van der Waals surface area contributed by atoms with E-state index in [9.17, 15) is 19.2 Å². The summed E-state index contributed by atoms with van der Waals surface area (Å²) in [6.07, 6.45) is 2.60. The van der Waals surface area contributed by atoms with E-state index in [0.717, 1.165) is 9.91 Å². The number of hydrogen-bond acceptors (Lipinski definition) is 6. The maximum absolute atomic E-state index is 13.3. The van der Waals surface area contributed by atoms with E-state index in [1.807, 2.05) is 0 Å². The molecule has 0 saturated carbocycles. The van der Waals surface area contributed by atoms with Gasteiger partial charge >= 0.3 is 0 Å². The average Bonchev–Trinajstić information content (AvgIpc) is 3.16. The second-order valence-electron chi connectivity index (χ2n) is 7.20. The number of nitrogens with zero attached hydrogens (tertiary/aromatic N) is 3. The first-order valence-corrected chi connectivity index (χ1v) is 10.1. The van der Waals surface area contributed by atoms with E-state index in [-0.39, 0.29) is 17.5 Å². The molecule has 4 rings (SSSR count). The Morgan fingerprint density at radius 3 is 2.27 bits per heavy atom. The minimum Gasteiger partial charge on any atom is -0.497 e. The predicted octanol–water partition coefficient (Wildman–Crippen LogP) is 2.21. The largest absolute Gasteiger partial charge is 0.497 e. The SMILES string of the molecule is COc1ccc(N2C(=O)CC(N(NC(=O)c3ccncc3)C(=O)c3ccccc3)C2=O)cc1. The number of carbonyl (C=O) groups is 4. The van der Waals surface area contributed by atoms with Crippen LogP contribution in [-0.2, 0) is 9.59 Å². The molecule has 0 radical (unpaired) electrons. The van der Waals surface area contributed by atoms with Crippen LogP contribution in [0.25, 0.3) is 0 Å². The zero-order chi connectivity index (χ0) is 23.4. The standard InChI is InChI=1S/C24H20N4O5/c1-33-19-9-7-18(8-10-19)27-21(29)15-20(24(27)32)28(23(31)17-5-3-2-4-6-17)26-22(30)16-11-13-25-14-12-16/h2-14,20H,15H2,1H3,(H,26,30). The molecule has 0 spiro atoms. The Morgan fingerprint density at radius 2 is 1.64 bits per heavy atom. The molecule has 9 nitrogen and oxygen atoms in total. The Hall–Kier alpha value is -4.53. The molecule has 33 heavy (non-hydrogen) atoms. The molecule has 1 N–H and O–H groups in total. The Kier molecular flexibility index (Phi) is 6.12. The summed E-state index contributed by atoms with van der Waals surface area (Å²) in [6, 6.07) is 16.4. The average molecular weight is 444 g/mol. The predicted molar refractivity (Wildman–Crippen MR) is 118 cm³/mol. The number of carbonyl (C=O) groups excluding carboxylic acids is 4. The number of hydrogen-bond donors (Lipinski definition) is 1. The van der Waals surface area contributed by atoms with E-state index in [1.54, 1.807) is 54.6 Å². The number of imide groups is 1. The van der Waals surface area contributed by atoms with Crippen molar-refractivity contribution in [2.45, 2.75) is 12.5 Å². The fraction of sp³-hybridized carbons (Fsp3) is 0.125. The van der Waals surface area contributed by atoms with E-state index in [2.05, 4.69) is 10.4 Å². The molecule has 1 fully saturated rings. The van der Waals surface area contributed by atoms with Gasteiger partial charge in [-0.3, -0.25) is 29.6 Å². The minimum absolute atomic E-state index is 0.250. The van der Waals surface area contributed by atoms with Crippen LogP contribution in [0.5, 0.6) is 5.75 Å². The van der Waals surface area contributed by atoms with Gasteiger partial charge in [0.15, 0.2) is 0 Å². The monoisotopic (exact) mass is 444 g/mol. The first kappa shape index (κ1) is 21.7. The third-order valence-electron chi connectivity index (χ3n) is 5.17. The van der Waals surface area contributed by atoms with Crippen molar-refractivity contribution in [3.05, 3.63) is 90.3 Å². The third-order valence-corrected chi connectivity index (χ3v) is 5.17. The lowest BCUT2D eigenvalue weighted by Gasteiger charge is -2.28. The van der Waals surface area contributed by atoms with Crippen molar-refractivity contribution >= 4 is 29.3 Å². The molecule has 1 aliphatic heterocycles. The number of aromatic nitrogens is 1. The van der Waals surface area contributed by atoms with E-state index in [4.69, 9.17) is 4.74 Å². The highest BCUT2D eigenvalue weighted by atomic mass is 16.5. The molecular weight excluding hydrogens is 424 g/mol. The number of amides is 4. The maximum Gasteiger partial charge on any atom is 0.273 e. The lowest BCUT2D eigenvalue weighted by atomic mass is 10.1. The van der Waals surface area contributed by atoms with E-state index >= 15 is 0 Å². The molecule has 0 bridgehead atoms. The zero-order valence-electron chi connectivity index (χ0n) is 17.7. The van der Waals surface area contributed by atoms with Crippen LogP contribution >= 0.6 is 0 Å². The van der Waals surface area contributed by atoms with Gasteiger partial charge in [-0.1, -0.05) is 18.2 Å². The van der Waals surface area contributed by atoms with Gasteiger partial charge in [0.25, 0.3) is 17.7 Å². The number of pyridine rings is 1. The molecule has 3 aromatic rings. The second-order valence-corrected chi connectivity index (χ2v) is 7.20. The van der Waals surface area contributed by atoms with E-state index in [1.165, 1.54) is 31.6 Å². The van der Waals surface area contributed by atoms with E-state index < -0.39 is 29.7 Å². The third kappa shape index (κ3) is 4.42. The first-order chi connectivity index (χ1) is 16.0. The Bertz CT molecular complexity index is 1180. The van der Waals surface area contributed by atoms with Gasteiger partial charge in [0.2, 0.25) is 5.91 Å². The van der Waals surface area contributed by atoms with Gasteiger partial charge in [-0.15, -0.1) is 0 Å². The molecule has 9 heteroatoms. The summed E-state index contributed by atoms with van der Waals surface area (Å²) >= 11 is 0. The molecular formula is C24H20N4O5. The molecule has 0 aliphatic carbocycles. The van der Waals surface area contributed by atoms with Crippen LogP contribution in [0.4, 0.5) is 5.69 Å². The van der Waals surface area contributed by atoms with Crippen LogP contribution in [0, 0.1) is 0 Å². The Labute approximate surface area is 189 Å². The number of anilines is 1. The van der Waals surface area contributed by atoms with Crippen LogP contribution < -0.4 is 15.1 Å². The first-order valence-electron chi connectivity index (χ1n) is 10.1. The highest BCUT2D eigenvalue weighted by Crippen LogP contribution is 2.27. The van der Waals surface area contributed by atoms with Gasteiger partial charge in [-0.25, -0.2) is 9.91 Å². The Morgan fingerprint density at radius 1 is 0.970 bits per heavy atom. The summed E-state index contributed by atoms with van der Waals surface area (Å²) in [5, 5.41) is 0.932. The van der Waals surface area contributed by atoms with Crippen molar-refractivity contribution in [3.63, 3.8) is 0 Å². The van der Waals surface area contributed by atoms with Crippen LogP contribution in [0.15, 0.2) is 79.1 Å². The van der Waals surface area contributed by atoms with Gasteiger partial charge in [-0.2, -0.15) is 0 Å². The fourth-order valence-corrected chi connectivity index (χ4v) is 3.49. The quantitative estimate of drug-likeness (QED) is 0.477. The molecule has 1 saturated heterocycles. The van der Waals surface area contributed by atoms with Gasteiger partial charge in [-0.05, 0) is 48.5 Å². The van der Waals surface area contributed by atoms with E-state index in [0.29, 0.717) is 11.4 Å². The molecule has 1 aromatic heterocycles. The smallest absolute Gasteiger partial charge is 0.273 e. The van der Waals surface area contributed by atoms with Gasteiger partial charge in [0.1, 0.15) is 11.8 Å². The zero-order valence-corrected chi connectivity index (χ0v) is 17.7. The fourth-order valence-electron chi connectivity index (χ4n) is 3.49. The molecule has 1 atom stereocenters. The number of benzene rings is 2. The summed E-state index contributed by atoms with van der Waals surface area (Å²) in [5.41, 5.74) is 3.37. The molecule has 1 unspecified atom stereocenters. The molecule has 2 aromatic carbocycles. The Balaban J connectivity index is 1.65. The van der Waals surface area contributed by atoms with Crippen molar-refractivity contribution in [1.82, 2.24) is 15.4 Å². The molecule has 1 aliphatic rings. The topological polar surface area (TPSA) is 109 Å².